The van der Waals surface area contributed by atoms with Crippen LogP contribution in [0.4, 0.5) is 0 Å². The Balaban J connectivity index is 1.77. The number of hydrogen-bond donors (Lipinski definition) is 0. The average molecular weight is 229 g/mol. The summed E-state index contributed by atoms with van der Waals surface area (Å²) in [6, 6.07) is 11.7. The molecule has 90 valence electrons. The molecular formula is C15H19NO. The summed E-state index contributed by atoms with van der Waals surface area (Å²) in [5.41, 5.74) is 1.33. The number of fused-ring (bicyclic) bond motifs is 1. The van der Waals surface area contributed by atoms with Crippen molar-refractivity contribution in [3.8, 4) is 0 Å². The van der Waals surface area contributed by atoms with E-state index < -0.39 is 0 Å². The van der Waals surface area contributed by atoms with Gasteiger partial charge in [-0.05, 0) is 25.3 Å². The molecule has 1 aliphatic carbocycles. The van der Waals surface area contributed by atoms with E-state index >= 15 is 0 Å². The van der Waals surface area contributed by atoms with Gasteiger partial charge in [0.1, 0.15) is 0 Å². The van der Waals surface area contributed by atoms with E-state index in [-0.39, 0.29) is 6.04 Å². The van der Waals surface area contributed by atoms with E-state index in [9.17, 15) is 4.79 Å². The van der Waals surface area contributed by atoms with Crippen molar-refractivity contribution in [2.45, 2.75) is 50.7 Å². The second-order valence-corrected chi connectivity index (χ2v) is 5.26. The topological polar surface area (TPSA) is 20.1 Å². The summed E-state index contributed by atoms with van der Waals surface area (Å²) in [6.45, 7) is 2.22. The van der Waals surface area contributed by atoms with Crippen LogP contribution in [0.15, 0.2) is 30.3 Å². The molecule has 2 fully saturated rings. The van der Waals surface area contributed by atoms with Gasteiger partial charge in [-0.2, -0.15) is 0 Å². The molecule has 2 heteroatoms. The van der Waals surface area contributed by atoms with Crippen LogP contribution in [-0.2, 0) is 4.79 Å². The molecule has 1 heterocycles. The van der Waals surface area contributed by atoms with Crippen molar-refractivity contribution in [3.63, 3.8) is 0 Å². The number of nitrogens with zero attached hydrogens (tertiary/aromatic N) is 1. The summed E-state index contributed by atoms with van der Waals surface area (Å²) in [4.78, 5) is 14.4. The average Bonchev–Trinajstić information content (AvgIpc) is 3.10. The zero-order valence-electron chi connectivity index (χ0n) is 10.3. The van der Waals surface area contributed by atoms with Gasteiger partial charge in [-0.25, -0.2) is 0 Å². The first-order chi connectivity index (χ1) is 8.29. The van der Waals surface area contributed by atoms with Crippen LogP contribution in [0.5, 0.6) is 0 Å². The van der Waals surface area contributed by atoms with Crippen LogP contribution in [0.25, 0.3) is 0 Å². The molecule has 0 amide bonds. The summed E-state index contributed by atoms with van der Waals surface area (Å²) in [7, 11) is 0. The zero-order chi connectivity index (χ0) is 11.8. The third kappa shape index (κ3) is 1.91. The van der Waals surface area contributed by atoms with Crippen LogP contribution < -0.4 is 0 Å². The zero-order valence-corrected chi connectivity index (χ0v) is 10.3. The van der Waals surface area contributed by atoms with E-state index in [1.165, 1.54) is 18.4 Å². The van der Waals surface area contributed by atoms with Gasteiger partial charge < -0.3 is 0 Å². The number of carbonyl (C=O) groups excluding carboxylic acids is 1. The Kier molecular flexibility index (Phi) is 2.75. The third-order valence-corrected chi connectivity index (χ3v) is 4.21. The van der Waals surface area contributed by atoms with Gasteiger partial charge in [0.05, 0.1) is 6.04 Å². The van der Waals surface area contributed by atoms with Gasteiger partial charge in [-0.3, -0.25) is 9.69 Å². The maximum atomic E-state index is 12.0. The smallest absolute Gasteiger partial charge is 0.151 e. The van der Waals surface area contributed by atoms with Gasteiger partial charge in [-0.1, -0.05) is 36.8 Å². The SMILES string of the molecule is C[C@H](c1ccccc1)N1C2CCCCC(=O)C21. The maximum Gasteiger partial charge on any atom is 0.151 e. The largest absolute Gasteiger partial charge is 0.298 e. The van der Waals surface area contributed by atoms with Crippen molar-refractivity contribution in [2.24, 2.45) is 0 Å². The molecule has 2 aliphatic rings. The lowest BCUT2D eigenvalue weighted by molar-refractivity contribution is -0.119. The van der Waals surface area contributed by atoms with Gasteiger partial charge in [0.25, 0.3) is 0 Å². The monoisotopic (exact) mass is 229 g/mol. The summed E-state index contributed by atoms with van der Waals surface area (Å²) in [6.07, 6.45) is 4.30. The van der Waals surface area contributed by atoms with E-state index in [4.69, 9.17) is 0 Å². The van der Waals surface area contributed by atoms with Crippen LogP contribution in [0.1, 0.15) is 44.2 Å². The molecule has 1 saturated carbocycles. The molecule has 3 unspecified atom stereocenters. The standard InChI is InChI=1S/C15H19NO/c1-11(12-7-3-2-4-8-12)16-13-9-5-6-10-14(17)15(13)16/h2-4,7-8,11,13,15H,5-6,9-10H2,1H3/t11-,13?,15?,16?/m1/s1. The van der Waals surface area contributed by atoms with Crippen LogP contribution in [0.2, 0.25) is 0 Å². The molecule has 0 radical (unpaired) electrons. The summed E-state index contributed by atoms with van der Waals surface area (Å²) >= 11 is 0. The van der Waals surface area contributed by atoms with E-state index in [1.54, 1.807) is 0 Å². The predicted molar refractivity (Wildman–Crippen MR) is 67.7 cm³/mol. The van der Waals surface area contributed by atoms with Crippen molar-refractivity contribution in [3.05, 3.63) is 35.9 Å². The molecule has 0 spiro atoms. The van der Waals surface area contributed by atoms with E-state index in [2.05, 4.69) is 36.1 Å². The van der Waals surface area contributed by atoms with E-state index in [0.29, 0.717) is 17.9 Å². The highest BCUT2D eigenvalue weighted by Crippen LogP contribution is 2.43. The van der Waals surface area contributed by atoms with Crippen LogP contribution in [0, 0.1) is 0 Å². The van der Waals surface area contributed by atoms with Crippen LogP contribution >= 0.6 is 0 Å². The molecule has 2 nitrogen and oxygen atoms in total. The quantitative estimate of drug-likeness (QED) is 0.727. The van der Waals surface area contributed by atoms with Crippen molar-refractivity contribution >= 4 is 5.78 Å². The Hall–Kier alpha value is -1.15. The Morgan fingerprint density at radius 1 is 1.24 bits per heavy atom. The van der Waals surface area contributed by atoms with Crippen molar-refractivity contribution < 1.29 is 4.79 Å². The normalized spacial score (nSPS) is 33.7. The summed E-state index contributed by atoms with van der Waals surface area (Å²) in [5.74, 6) is 0.468. The van der Waals surface area contributed by atoms with Gasteiger partial charge in [0.15, 0.2) is 5.78 Å². The molecule has 4 atom stereocenters. The number of carbonyl (C=O) groups is 1. The van der Waals surface area contributed by atoms with E-state index in [0.717, 1.165) is 12.8 Å². The molecule has 0 bridgehead atoms. The minimum Gasteiger partial charge on any atom is -0.298 e. The lowest BCUT2D eigenvalue weighted by Crippen LogP contribution is -2.15. The van der Waals surface area contributed by atoms with Gasteiger partial charge in [0, 0.05) is 18.5 Å². The molecule has 1 aromatic rings. The number of hydrogen-bond acceptors (Lipinski definition) is 2. The molecule has 1 aliphatic heterocycles. The van der Waals surface area contributed by atoms with Crippen molar-refractivity contribution in [1.82, 2.24) is 4.90 Å². The number of ketones is 1. The Labute approximate surface area is 103 Å². The predicted octanol–water partition coefficient (Wildman–Crippen LogP) is 2.94. The lowest BCUT2D eigenvalue weighted by Gasteiger charge is -2.16. The molecule has 17 heavy (non-hydrogen) atoms. The Morgan fingerprint density at radius 2 is 2.00 bits per heavy atom. The number of likely N-dealkylation sites (tertiary alicyclic amines) is 1. The molecular weight excluding hydrogens is 210 g/mol. The van der Waals surface area contributed by atoms with Gasteiger partial charge in [-0.15, -0.1) is 0 Å². The van der Waals surface area contributed by atoms with Crippen molar-refractivity contribution in [2.75, 3.05) is 0 Å². The second kappa shape index (κ2) is 4.26. The first-order valence-corrected chi connectivity index (χ1v) is 6.64. The minimum atomic E-state index is 0.229. The number of benzene rings is 1. The highest BCUT2D eigenvalue weighted by atomic mass is 16.1. The fourth-order valence-electron chi connectivity index (χ4n) is 3.22. The third-order valence-electron chi connectivity index (χ3n) is 4.21. The number of Topliss-reactive ketones (excluding diaryl/α,β-unsaturated/α-hetero) is 1. The van der Waals surface area contributed by atoms with Crippen LogP contribution in [-0.4, -0.2) is 22.8 Å². The Bertz CT molecular complexity index is 414. The van der Waals surface area contributed by atoms with Gasteiger partial charge in [0.2, 0.25) is 0 Å². The number of rotatable bonds is 2. The van der Waals surface area contributed by atoms with E-state index in [1.807, 2.05) is 6.07 Å². The lowest BCUT2D eigenvalue weighted by atomic mass is 10.1. The molecule has 1 aromatic carbocycles. The summed E-state index contributed by atoms with van der Waals surface area (Å²) < 4.78 is 0. The fraction of sp³-hybridized carbons (Fsp3) is 0.533. The first kappa shape index (κ1) is 11.0. The fourth-order valence-corrected chi connectivity index (χ4v) is 3.22. The Morgan fingerprint density at radius 3 is 2.76 bits per heavy atom. The first-order valence-electron chi connectivity index (χ1n) is 6.64. The van der Waals surface area contributed by atoms with Crippen molar-refractivity contribution in [1.29, 1.82) is 0 Å². The van der Waals surface area contributed by atoms with Gasteiger partial charge >= 0.3 is 0 Å². The highest BCUT2D eigenvalue weighted by molar-refractivity contribution is 5.88. The molecule has 3 rings (SSSR count). The highest BCUT2D eigenvalue weighted by Gasteiger charge is 2.54. The molecule has 0 aromatic heterocycles. The van der Waals surface area contributed by atoms with Crippen LogP contribution in [0.3, 0.4) is 0 Å². The second-order valence-electron chi connectivity index (χ2n) is 5.26. The summed E-state index contributed by atoms with van der Waals surface area (Å²) in [5, 5.41) is 0. The molecule has 1 saturated heterocycles. The maximum absolute atomic E-state index is 12.0. The minimum absolute atomic E-state index is 0.229. The molecule has 0 N–H and O–H groups in total.